The maximum Gasteiger partial charge on any atom is 0.340 e. The number of carbonyl (C=O) groups excluding carboxylic acids is 1. The predicted octanol–water partition coefficient (Wildman–Crippen LogP) is -0.152. The highest BCUT2D eigenvalue weighted by atomic mass is 19.1. The smallest absolute Gasteiger partial charge is 0.340 e. The maximum absolute atomic E-state index is 14.0. The second-order valence-corrected chi connectivity index (χ2v) is 5.05. The first kappa shape index (κ1) is 18.1. The molecule has 8 nitrogen and oxygen atoms in total. The summed E-state index contributed by atoms with van der Waals surface area (Å²) in [6.45, 7) is -0.744. The predicted molar refractivity (Wildman–Crippen MR) is 83.6 cm³/mol. The van der Waals surface area contributed by atoms with Gasteiger partial charge in [-0.3, -0.25) is 13.9 Å². The number of halogens is 1. The molecule has 25 heavy (non-hydrogen) atoms. The summed E-state index contributed by atoms with van der Waals surface area (Å²) < 4.78 is 20.2. The van der Waals surface area contributed by atoms with Crippen molar-refractivity contribution in [1.29, 1.82) is 5.26 Å². The Balaban J connectivity index is 2.50. The van der Waals surface area contributed by atoms with Crippen molar-refractivity contribution in [3.05, 3.63) is 67.7 Å². The number of rotatable bonds is 5. The fourth-order valence-electron chi connectivity index (χ4n) is 2.25. The van der Waals surface area contributed by atoms with Gasteiger partial charge in [-0.05, 0) is 17.7 Å². The number of benzene rings is 1. The van der Waals surface area contributed by atoms with Crippen molar-refractivity contribution in [3.63, 3.8) is 0 Å². The van der Waals surface area contributed by atoms with E-state index in [9.17, 15) is 18.8 Å². The average Bonchev–Trinajstić information content (AvgIpc) is 2.60. The molecule has 130 valence electrons. The van der Waals surface area contributed by atoms with E-state index >= 15 is 0 Å². The van der Waals surface area contributed by atoms with Crippen LogP contribution in [-0.2, 0) is 17.8 Å². The van der Waals surface area contributed by atoms with Crippen molar-refractivity contribution in [1.82, 2.24) is 9.13 Å². The van der Waals surface area contributed by atoms with Gasteiger partial charge in [-0.15, -0.1) is 0 Å². The lowest BCUT2D eigenvalue weighted by Crippen LogP contribution is -2.41. The Morgan fingerprint density at radius 3 is 2.68 bits per heavy atom. The van der Waals surface area contributed by atoms with Crippen LogP contribution in [-0.4, -0.2) is 33.9 Å². The molecule has 2 aromatic rings. The number of nitriles is 1. The average molecular weight is 347 g/mol. The van der Waals surface area contributed by atoms with E-state index in [4.69, 9.17) is 10.4 Å². The second kappa shape index (κ2) is 7.55. The number of hydrogen-bond acceptors (Lipinski definition) is 6. The lowest BCUT2D eigenvalue weighted by atomic mass is 10.1. The summed E-state index contributed by atoms with van der Waals surface area (Å²) in [5.41, 5.74) is -1.87. The molecular formula is C16H14FN3O5. The Labute approximate surface area is 140 Å². The number of aliphatic hydroxyl groups is 1. The summed E-state index contributed by atoms with van der Waals surface area (Å²) >= 11 is 0. The van der Waals surface area contributed by atoms with Gasteiger partial charge < -0.3 is 9.84 Å². The third-order valence-corrected chi connectivity index (χ3v) is 3.48. The Bertz CT molecular complexity index is 971. The number of esters is 1. The minimum absolute atomic E-state index is 0.0938. The van der Waals surface area contributed by atoms with Crippen molar-refractivity contribution >= 4 is 5.97 Å². The lowest BCUT2D eigenvalue weighted by molar-refractivity contribution is 0.0595. The summed E-state index contributed by atoms with van der Waals surface area (Å²) in [7, 11) is 1.12. The van der Waals surface area contributed by atoms with Crippen molar-refractivity contribution in [2.45, 2.75) is 13.1 Å². The van der Waals surface area contributed by atoms with E-state index in [1.807, 2.05) is 0 Å². The number of hydrogen-bond donors (Lipinski definition) is 1. The monoisotopic (exact) mass is 347 g/mol. The Morgan fingerprint density at radius 2 is 2.12 bits per heavy atom. The Hall–Kier alpha value is -3.25. The summed E-state index contributed by atoms with van der Waals surface area (Å²) in [5.74, 6) is -1.71. The highest BCUT2D eigenvalue weighted by Gasteiger charge is 2.15. The molecule has 1 N–H and O–H groups in total. The van der Waals surface area contributed by atoms with Crippen LogP contribution in [0.5, 0.6) is 0 Å². The number of aromatic nitrogens is 2. The van der Waals surface area contributed by atoms with Gasteiger partial charge in [-0.1, -0.05) is 6.07 Å². The molecule has 1 aromatic heterocycles. The number of nitrogens with zero attached hydrogens (tertiary/aromatic N) is 3. The highest BCUT2D eigenvalue weighted by molar-refractivity contribution is 5.89. The molecule has 1 heterocycles. The second-order valence-electron chi connectivity index (χ2n) is 5.05. The first-order valence-corrected chi connectivity index (χ1v) is 7.15. The molecule has 0 saturated heterocycles. The molecule has 0 saturated carbocycles. The third kappa shape index (κ3) is 3.64. The van der Waals surface area contributed by atoms with E-state index in [0.29, 0.717) is 0 Å². The zero-order valence-electron chi connectivity index (χ0n) is 13.2. The first-order chi connectivity index (χ1) is 11.9. The molecule has 2 rings (SSSR count). The van der Waals surface area contributed by atoms with Gasteiger partial charge in [0.2, 0.25) is 0 Å². The van der Waals surface area contributed by atoms with Crippen LogP contribution < -0.4 is 11.2 Å². The van der Waals surface area contributed by atoms with Crippen LogP contribution >= 0.6 is 0 Å². The van der Waals surface area contributed by atoms with Crippen LogP contribution in [0.4, 0.5) is 4.39 Å². The van der Waals surface area contributed by atoms with E-state index in [2.05, 4.69) is 4.74 Å². The van der Waals surface area contributed by atoms with Crippen molar-refractivity contribution in [2.24, 2.45) is 0 Å². The molecule has 1 aromatic carbocycles. The van der Waals surface area contributed by atoms with Crippen LogP contribution in [0.1, 0.15) is 21.5 Å². The fourth-order valence-corrected chi connectivity index (χ4v) is 2.25. The third-order valence-electron chi connectivity index (χ3n) is 3.48. The Morgan fingerprint density at radius 1 is 1.40 bits per heavy atom. The molecule has 0 atom stereocenters. The van der Waals surface area contributed by atoms with Crippen molar-refractivity contribution in [3.8, 4) is 6.07 Å². The summed E-state index contributed by atoms with van der Waals surface area (Å²) in [4.78, 5) is 35.9. The van der Waals surface area contributed by atoms with Crippen LogP contribution in [0.3, 0.4) is 0 Å². The van der Waals surface area contributed by atoms with Crippen molar-refractivity contribution < 1.29 is 19.0 Å². The number of carbonyl (C=O) groups is 1. The normalized spacial score (nSPS) is 10.3. The minimum atomic E-state index is -0.857. The van der Waals surface area contributed by atoms with Crippen molar-refractivity contribution in [2.75, 3.05) is 13.7 Å². The molecule has 0 aliphatic rings. The summed E-state index contributed by atoms with van der Waals surface area (Å²) in [6, 6.07) is 5.24. The van der Waals surface area contributed by atoms with Gasteiger partial charge in [0, 0.05) is 6.20 Å². The fraction of sp³-hybridized carbons (Fsp3) is 0.250. The molecule has 0 bridgehead atoms. The highest BCUT2D eigenvalue weighted by Crippen LogP contribution is 2.12. The van der Waals surface area contributed by atoms with Gasteiger partial charge in [0.1, 0.15) is 17.4 Å². The standard InChI is InChI=1S/C16H14FN3O5/c1-25-15(23)12-3-2-10(6-13(12)17)8-20-14(22)11(7-18)9-19(4-5-21)16(20)24/h2-3,6,9,21H,4-5,8H2,1H3. The van der Waals surface area contributed by atoms with Crippen LogP contribution in [0.25, 0.3) is 0 Å². The van der Waals surface area contributed by atoms with Gasteiger partial charge in [0.05, 0.1) is 32.4 Å². The number of ether oxygens (including phenoxy) is 1. The first-order valence-electron chi connectivity index (χ1n) is 7.15. The van der Waals surface area contributed by atoms with Crippen LogP contribution in [0.2, 0.25) is 0 Å². The molecule has 0 amide bonds. The van der Waals surface area contributed by atoms with Gasteiger partial charge in [-0.2, -0.15) is 5.26 Å². The molecule has 0 fully saturated rings. The van der Waals surface area contributed by atoms with Gasteiger partial charge in [0.25, 0.3) is 5.56 Å². The zero-order valence-corrected chi connectivity index (χ0v) is 13.2. The van der Waals surface area contributed by atoms with Gasteiger partial charge in [0.15, 0.2) is 0 Å². The SMILES string of the molecule is COC(=O)c1ccc(Cn2c(=O)c(C#N)cn(CCO)c2=O)cc1F. The molecule has 0 radical (unpaired) electrons. The van der Waals surface area contributed by atoms with E-state index in [-0.39, 0.29) is 36.4 Å². The van der Waals surface area contributed by atoms with E-state index in [0.717, 1.165) is 28.5 Å². The van der Waals surface area contributed by atoms with E-state index in [1.54, 1.807) is 6.07 Å². The maximum atomic E-state index is 14.0. The molecular weight excluding hydrogens is 333 g/mol. The van der Waals surface area contributed by atoms with Gasteiger partial charge >= 0.3 is 11.7 Å². The number of aliphatic hydroxyl groups excluding tert-OH is 1. The van der Waals surface area contributed by atoms with Crippen LogP contribution in [0, 0.1) is 17.1 Å². The summed E-state index contributed by atoms with van der Waals surface area (Å²) in [6.07, 6.45) is 1.07. The van der Waals surface area contributed by atoms with Crippen LogP contribution in [0.15, 0.2) is 34.0 Å². The summed E-state index contributed by atoms with van der Waals surface area (Å²) in [5, 5.41) is 18.0. The minimum Gasteiger partial charge on any atom is -0.465 e. The molecule has 9 heteroatoms. The Kier molecular flexibility index (Phi) is 5.46. The molecule has 0 spiro atoms. The topological polar surface area (TPSA) is 114 Å². The largest absolute Gasteiger partial charge is 0.465 e. The zero-order chi connectivity index (χ0) is 18.6. The molecule has 0 aliphatic carbocycles. The molecule has 0 unspecified atom stereocenters. The van der Waals surface area contributed by atoms with Gasteiger partial charge in [-0.25, -0.2) is 14.0 Å². The molecule has 0 aliphatic heterocycles. The van der Waals surface area contributed by atoms with E-state index < -0.39 is 23.0 Å². The van der Waals surface area contributed by atoms with E-state index in [1.165, 1.54) is 12.1 Å². The lowest BCUT2D eigenvalue weighted by Gasteiger charge is -2.11. The quantitative estimate of drug-likeness (QED) is 0.752. The number of methoxy groups -OCH3 is 1.